The second-order valence-corrected chi connectivity index (χ2v) is 9.00. The molecule has 5 heteroatoms. The van der Waals surface area contributed by atoms with Crippen molar-refractivity contribution in [1.29, 1.82) is 0 Å². The zero-order valence-corrected chi connectivity index (χ0v) is 18.4. The third kappa shape index (κ3) is 6.37. The first-order chi connectivity index (χ1) is 15.2. The van der Waals surface area contributed by atoms with E-state index in [4.69, 9.17) is 0 Å². The fourth-order valence-corrected chi connectivity index (χ4v) is 4.77. The van der Waals surface area contributed by atoms with Crippen LogP contribution in [0, 0.1) is 11.7 Å². The van der Waals surface area contributed by atoms with Gasteiger partial charge in [0.1, 0.15) is 5.82 Å². The van der Waals surface area contributed by atoms with Crippen LogP contribution in [0.3, 0.4) is 0 Å². The summed E-state index contributed by atoms with van der Waals surface area (Å²) < 4.78 is 13.1. The molecule has 0 atom stereocenters. The van der Waals surface area contributed by atoms with Crippen LogP contribution < -0.4 is 5.32 Å². The van der Waals surface area contributed by atoms with Gasteiger partial charge in [0.25, 0.3) is 0 Å². The van der Waals surface area contributed by atoms with Crippen LogP contribution in [0.2, 0.25) is 0 Å². The third-order valence-corrected chi connectivity index (χ3v) is 6.69. The lowest BCUT2D eigenvalue weighted by atomic mass is 9.95. The lowest BCUT2D eigenvalue weighted by Gasteiger charge is -2.31. The average Bonchev–Trinajstić information content (AvgIpc) is 2.81. The van der Waals surface area contributed by atoms with Crippen molar-refractivity contribution >= 4 is 5.91 Å². The van der Waals surface area contributed by atoms with Gasteiger partial charge in [0.2, 0.25) is 5.91 Å². The molecule has 4 rings (SSSR count). The molecule has 1 N–H and O–H groups in total. The Hall–Kier alpha value is -2.24. The average molecular weight is 424 g/mol. The predicted molar refractivity (Wildman–Crippen MR) is 122 cm³/mol. The number of rotatable bonds is 7. The van der Waals surface area contributed by atoms with Gasteiger partial charge in [-0.25, -0.2) is 4.39 Å². The van der Waals surface area contributed by atoms with Gasteiger partial charge in [0.05, 0.1) is 0 Å². The number of nitrogens with zero attached hydrogens (tertiary/aromatic N) is 2. The second kappa shape index (κ2) is 10.9. The fraction of sp³-hybridized carbons (Fsp3) is 0.500. The minimum atomic E-state index is -0.198. The van der Waals surface area contributed by atoms with Crippen LogP contribution >= 0.6 is 0 Å². The van der Waals surface area contributed by atoms with E-state index in [0.717, 1.165) is 44.6 Å². The highest BCUT2D eigenvalue weighted by Gasteiger charge is 2.25. The smallest absolute Gasteiger partial charge is 0.223 e. The van der Waals surface area contributed by atoms with Crippen molar-refractivity contribution in [3.8, 4) is 0 Å². The standard InChI is InChI=1S/C26H34FN3O/c27-25-10-8-21(9-11-25)19-30-16-12-22(13-17-30)26(31)28-18-23-6-2-3-7-24(23)20-29-14-4-1-5-15-29/h2-3,6-11,22H,1,4-5,12-20H2,(H,28,31). The summed E-state index contributed by atoms with van der Waals surface area (Å²) >= 11 is 0. The van der Waals surface area contributed by atoms with Crippen molar-refractivity contribution in [2.75, 3.05) is 26.2 Å². The minimum absolute atomic E-state index is 0.0822. The molecule has 0 unspecified atom stereocenters. The van der Waals surface area contributed by atoms with Gasteiger partial charge in [0.15, 0.2) is 0 Å². The Morgan fingerprint density at radius 3 is 2.19 bits per heavy atom. The first-order valence-corrected chi connectivity index (χ1v) is 11.7. The molecule has 4 nitrogen and oxygen atoms in total. The first kappa shape index (κ1) is 22.0. The molecule has 31 heavy (non-hydrogen) atoms. The third-order valence-electron chi connectivity index (χ3n) is 6.69. The maximum atomic E-state index is 13.1. The summed E-state index contributed by atoms with van der Waals surface area (Å²) in [5.74, 6) is 0.0598. The van der Waals surface area contributed by atoms with Gasteiger partial charge in [-0.2, -0.15) is 0 Å². The van der Waals surface area contributed by atoms with Crippen molar-refractivity contribution in [1.82, 2.24) is 15.1 Å². The largest absolute Gasteiger partial charge is 0.352 e. The van der Waals surface area contributed by atoms with Gasteiger partial charge < -0.3 is 5.32 Å². The molecule has 0 aromatic heterocycles. The molecule has 0 saturated carbocycles. The van der Waals surface area contributed by atoms with E-state index in [0.29, 0.717) is 6.54 Å². The summed E-state index contributed by atoms with van der Waals surface area (Å²) in [5, 5.41) is 3.20. The molecule has 0 bridgehead atoms. The molecule has 2 saturated heterocycles. The second-order valence-electron chi connectivity index (χ2n) is 9.00. The van der Waals surface area contributed by atoms with Gasteiger partial charge in [-0.05, 0) is 80.7 Å². The maximum absolute atomic E-state index is 13.1. The van der Waals surface area contributed by atoms with Gasteiger partial charge in [-0.1, -0.05) is 42.8 Å². The predicted octanol–water partition coefficient (Wildman–Crippen LogP) is 4.34. The number of nitrogens with one attached hydrogen (secondary N) is 1. The minimum Gasteiger partial charge on any atom is -0.352 e. The van der Waals surface area contributed by atoms with Gasteiger partial charge in [0, 0.05) is 25.6 Å². The zero-order chi connectivity index (χ0) is 21.5. The molecule has 0 aliphatic carbocycles. The molecule has 2 aromatic rings. The summed E-state index contributed by atoms with van der Waals surface area (Å²) in [6.07, 6.45) is 5.68. The number of carbonyl (C=O) groups excluding carboxylic acids is 1. The summed E-state index contributed by atoms with van der Waals surface area (Å²) in [5.41, 5.74) is 3.68. The Kier molecular flexibility index (Phi) is 7.71. The molecule has 2 fully saturated rings. The normalized spacial score (nSPS) is 18.7. The SMILES string of the molecule is O=C(NCc1ccccc1CN1CCCCC1)C1CCN(Cc2ccc(F)cc2)CC1. The molecule has 2 aromatic carbocycles. The van der Waals surface area contributed by atoms with Gasteiger partial charge in [-0.3, -0.25) is 14.6 Å². The summed E-state index contributed by atoms with van der Waals surface area (Å²) in [6, 6.07) is 15.2. The number of halogens is 1. The topological polar surface area (TPSA) is 35.6 Å². The van der Waals surface area contributed by atoms with Crippen molar-refractivity contribution < 1.29 is 9.18 Å². The van der Waals surface area contributed by atoms with E-state index < -0.39 is 0 Å². The maximum Gasteiger partial charge on any atom is 0.223 e. The van der Waals surface area contributed by atoms with E-state index in [1.807, 2.05) is 12.1 Å². The Morgan fingerprint density at radius 2 is 1.48 bits per heavy atom. The lowest BCUT2D eigenvalue weighted by molar-refractivity contribution is -0.126. The van der Waals surface area contributed by atoms with Crippen molar-refractivity contribution in [2.24, 2.45) is 5.92 Å². The highest BCUT2D eigenvalue weighted by atomic mass is 19.1. The van der Waals surface area contributed by atoms with E-state index in [9.17, 15) is 9.18 Å². The van der Waals surface area contributed by atoms with Crippen LogP contribution in [0.25, 0.3) is 0 Å². The van der Waals surface area contributed by atoms with Crippen molar-refractivity contribution in [3.05, 3.63) is 71.0 Å². The Balaban J connectivity index is 1.24. The number of hydrogen-bond donors (Lipinski definition) is 1. The van der Waals surface area contributed by atoms with Crippen molar-refractivity contribution in [2.45, 2.75) is 51.7 Å². The van der Waals surface area contributed by atoms with Gasteiger partial charge in [-0.15, -0.1) is 0 Å². The van der Waals surface area contributed by atoms with E-state index >= 15 is 0 Å². The molecule has 2 aliphatic heterocycles. The number of likely N-dealkylation sites (tertiary alicyclic amines) is 2. The first-order valence-electron chi connectivity index (χ1n) is 11.7. The number of piperidine rings is 2. The lowest BCUT2D eigenvalue weighted by Crippen LogP contribution is -2.40. The number of carbonyl (C=O) groups is 1. The molecular weight excluding hydrogens is 389 g/mol. The molecule has 0 spiro atoms. The molecular formula is C26H34FN3O. The van der Waals surface area contributed by atoms with Crippen LogP contribution in [0.1, 0.15) is 48.8 Å². The summed E-state index contributed by atoms with van der Waals surface area (Å²) in [7, 11) is 0. The zero-order valence-electron chi connectivity index (χ0n) is 18.4. The molecule has 166 valence electrons. The fourth-order valence-electron chi connectivity index (χ4n) is 4.77. The molecule has 1 amide bonds. The highest BCUT2D eigenvalue weighted by molar-refractivity contribution is 5.78. The quantitative estimate of drug-likeness (QED) is 0.720. The number of hydrogen-bond acceptors (Lipinski definition) is 3. The summed E-state index contributed by atoms with van der Waals surface area (Å²) in [6.45, 7) is 6.57. The summed E-state index contributed by atoms with van der Waals surface area (Å²) in [4.78, 5) is 17.7. The van der Waals surface area contributed by atoms with Crippen LogP contribution in [-0.2, 0) is 24.4 Å². The van der Waals surface area contributed by atoms with E-state index in [1.165, 1.54) is 55.6 Å². The van der Waals surface area contributed by atoms with E-state index in [-0.39, 0.29) is 17.6 Å². The van der Waals surface area contributed by atoms with Crippen LogP contribution in [-0.4, -0.2) is 41.9 Å². The highest BCUT2D eigenvalue weighted by Crippen LogP contribution is 2.20. The monoisotopic (exact) mass is 423 g/mol. The molecule has 2 heterocycles. The van der Waals surface area contributed by atoms with E-state index in [1.54, 1.807) is 0 Å². The number of benzene rings is 2. The van der Waals surface area contributed by atoms with Crippen LogP contribution in [0.15, 0.2) is 48.5 Å². The van der Waals surface area contributed by atoms with E-state index in [2.05, 4.69) is 39.4 Å². The Morgan fingerprint density at radius 1 is 0.839 bits per heavy atom. The Labute approximate surface area is 185 Å². The number of amides is 1. The molecule has 2 aliphatic rings. The van der Waals surface area contributed by atoms with Crippen molar-refractivity contribution in [3.63, 3.8) is 0 Å². The van der Waals surface area contributed by atoms with Gasteiger partial charge >= 0.3 is 0 Å². The van der Waals surface area contributed by atoms with Crippen LogP contribution in [0.4, 0.5) is 4.39 Å². The molecule has 0 radical (unpaired) electrons. The Bertz CT molecular complexity index is 840. The van der Waals surface area contributed by atoms with Crippen LogP contribution in [0.5, 0.6) is 0 Å².